The summed E-state index contributed by atoms with van der Waals surface area (Å²) >= 11 is 5.53. The van der Waals surface area contributed by atoms with E-state index in [1.807, 2.05) is 0 Å². The van der Waals surface area contributed by atoms with Crippen LogP contribution < -0.4 is 10.0 Å². The monoisotopic (exact) mass is 328 g/mol. The molecule has 0 aliphatic carbocycles. The van der Waals surface area contributed by atoms with Gasteiger partial charge in [-0.05, 0) is 23.8 Å². The summed E-state index contributed by atoms with van der Waals surface area (Å²) in [5, 5.41) is 2.88. The molecule has 1 rings (SSSR count). The first kappa shape index (κ1) is 17.4. The summed E-state index contributed by atoms with van der Waals surface area (Å²) in [5.74, 6) is -0.304. The summed E-state index contributed by atoms with van der Waals surface area (Å²) in [7, 11) is -3.45. The topological polar surface area (TPSA) is 75.3 Å². The molecule has 0 aliphatic heterocycles. The quantitative estimate of drug-likeness (QED) is 0.750. The zero-order valence-electron chi connectivity index (χ0n) is 11.6. The molecule has 0 unspecified atom stereocenters. The summed E-state index contributed by atoms with van der Waals surface area (Å²) in [6.45, 7) is 5.70. The average Bonchev–Trinajstić information content (AvgIpc) is 2.43. The zero-order valence-corrected chi connectivity index (χ0v) is 13.2. The summed E-state index contributed by atoms with van der Waals surface area (Å²) in [5.41, 5.74) is 0.713. The Morgan fingerprint density at radius 3 is 2.48 bits per heavy atom. The van der Waals surface area contributed by atoms with E-state index >= 15 is 0 Å². The van der Waals surface area contributed by atoms with Gasteiger partial charge >= 0.3 is 0 Å². The van der Waals surface area contributed by atoms with Crippen LogP contribution in [0.1, 0.15) is 12.5 Å². The molecule has 0 atom stereocenters. The van der Waals surface area contributed by atoms with Gasteiger partial charge in [0.1, 0.15) is 0 Å². The molecule has 7 heteroatoms. The SMILES string of the molecule is C=C(Cl)CNC(=O)/C=C/c1ccc(S(=O)(=O)NCC)cc1. The maximum Gasteiger partial charge on any atom is 0.244 e. The third-order valence-corrected chi connectivity index (χ3v) is 4.10. The van der Waals surface area contributed by atoms with E-state index in [0.717, 1.165) is 0 Å². The van der Waals surface area contributed by atoms with Crippen LogP contribution in [0.3, 0.4) is 0 Å². The van der Waals surface area contributed by atoms with Gasteiger partial charge < -0.3 is 5.32 Å². The number of nitrogens with one attached hydrogen (secondary N) is 2. The summed E-state index contributed by atoms with van der Waals surface area (Å²) in [6, 6.07) is 6.20. The first-order chi connectivity index (χ1) is 9.85. The molecule has 1 aromatic carbocycles. The maximum absolute atomic E-state index is 11.7. The highest BCUT2D eigenvalue weighted by molar-refractivity contribution is 7.89. The highest BCUT2D eigenvalue weighted by atomic mass is 35.5. The molecule has 1 amide bonds. The standard InChI is InChI=1S/C14H17ClN2O3S/c1-3-17-21(19,20)13-7-4-12(5-8-13)6-9-14(18)16-10-11(2)15/h4-9,17H,2-3,10H2,1H3,(H,16,18)/b9-6+. The van der Waals surface area contributed by atoms with Crippen molar-refractivity contribution in [3.8, 4) is 0 Å². The smallest absolute Gasteiger partial charge is 0.244 e. The van der Waals surface area contributed by atoms with Crippen molar-refractivity contribution in [3.63, 3.8) is 0 Å². The van der Waals surface area contributed by atoms with Gasteiger partial charge in [-0.2, -0.15) is 0 Å². The van der Waals surface area contributed by atoms with Crippen molar-refractivity contribution in [3.05, 3.63) is 47.5 Å². The van der Waals surface area contributed by atoms with Crippen molar-refractivity contribution in [2.75, 3.05) is 13.1 Å². The molecule has 0 bridgehead atoms. The third-order valence-electron chi connectivity index (χ3n) is 2.41. The number of carbonyl (C=O) groups is 1. The number of sulfonamides is 1. The molecular weight excluding hydrogens is 312 g/mol. The molecule has 0 saturated heterocycles. The fraction of sp³-hybridized carbons (Fsp3) is 0.214. The van der Waals surface area contributed by atoms with Gasteiger partial charge in [-0.1, -0.05) is 37.2 Å². The molecule has 0 fully saturated rings. The Morgan fingerprint density at radius 2 is 1.95 bits per heavy atom. The van der Waals surface area contributed by atoms with Crippen molar-refractivity contribution < 1.29 is 13.2 Å². The molecule has 0 spiro atoms. The van der Waals surface area contributed by atoms with E-state index in [1.165, 1.54) is 18.2 Å². The molecule has 0 saturated carbocycles. The van der Waals surface area contributed by atoms with E-state index in [-0.39, 0.29) is 17.3 Å². The molecule has 0 aromatic heterocycles. The fourth-order valence-electron chi connectivity index (χ4n) is 1.45. The lowest BCUT2D eigenvalue weighted by atomic mass is 10.2. The Morgan fingerprint density at radius 1 is 1.33 bits per heavy atom. The van der Waals surface area contributed by atoms with Crippen LogP contribution in [0.5, 0.6) is 0 Å². The lowest BCUT2D eigenvalue weighted by molar-refractivity contribution is -0.116. The van der Waals surface area contributed by atoms with Gasteiger partial charge in [0.25, 0.3) is 0 Å². The molecule has 21 heavy (non-hydrogen) atoms. The Balaban J connectivity index is 2.71. The fourth-order valence-corrected chi connectivity index (χ4v) is 2.55. The zero-order chi connectivity index (χ0) is 15.9. The lowest BCUT2D eigenvalue weighted by Gasteiger charge is -2.04. The van der Waals surface area contributed by atoms with Crippen LogP contribution in [0, 0.1) is 0 Å². The Kier molecular flexibility index (Phi) is 6.61. The van der Waals surface area contributed by atoms with Crippen LogP contribution in [0.2, 0.25) is 0 Å². The second-order valence-corrected chi connectivity index (χ2v) is 6.44. The average molecular weight is 329 g/mol. The Bertz CT molecular complexity index is 637. The molecule has 114 valence electrons. The van der Waals surface area contributed by atoms with Crippen molar-refractivity contribution in [2.45, 2.75) is 11.8 Å². The van der Waals surface area contributed by atoms with Crippen molar-refractivity contribution in [2.24, 2.45) is 0 Å². The second kappa shape index (κ2) is 7.97. The van der Waals surface area contributed by atoms with Gasteiger partial charge in [-0.3, -0.25) is 4.79 Å². The number of carbonyl (C=O) groups excluding carboxylic acids is 1. The number of halogens is 1. The largest absolute Gasteiger partial charge is 0.348 e. The van der Waals surface area contributed by atoms with Gasteiger partial charge in [0.15, 0.2) is 0 Å². The summed E-state index contributed by atoms with van der Waals surface area (Å²) in [6.07, 6.45) is 2.92. The van der Waals surface area contributed by atoms with Gasteiger partial charge in [0.2, 0.25) is 15.9 Å². The van der Waals surface area contributed by atoms with E-state index in [9.17, 15) is 13.2 Å². The Labute approximate surface area is 129 Å². The van der Waals surface area contributed by atoms with Crippen LogP contribution in [-0.2, 0) is 14.8 Å². The first-order valence-corrected chi connectivity index (χ1v) is 8.10. The molecule has 0 heterocycles. The predicted octanol–water partition coefficient (Wildman–Crippen LogP) is 1.87. The number of benzene rings is 1. The van der Waals surface area contributed by atoms with E-state index in [1.54, 1.807) is 25.1 Å². The number of hydrogen-bond donors (Lipinski definition) is 2. The van der Waals surface area contributed by atoms with Crippen LogP contribution in [0.15, 0.2) is 46.8 Å². The van der Waals surface area contributed by atoms with E-state index < -0.39 is 10.0 Å². The number of hydrogen-bond acceptors (Lipinski definition) is 3. The third kappa shape index (κ3) is 6.12. The molecule has 0 aliphatic rings. The predicted molar refractivity (Wildman–Crippen MR) is 84.3 cm³/mol. The molecular formula is C14H17ClN2O3S. The highest BCUT2D eigenvalue weighted by Gasteiger charge is 2.11. The molecule has 0 radical (unpaired) electrons. The first-order valence-electron chi connectivity index (χ1n) is 6.24. The highest BCUT2D eigenvalue weighted by Crippen LogP contribution is 2.11. The molecule has 1 aromatic rings. The van der Waals surface area contributed by atoms with Crippen LogP contribution in [0.25, 0.3) is 6.08 Å². The van der Waals surface area contributed by atoms with E-state index in [0.29, 0.717) is 17.1 Å². The van der Waals surface area contributed by atoms with Crippen molar-refractivity contribution in [1.29, 1.82) is 0 Å². The van der Waals surface area contributed by atoms with Crippen molar-refractivity contribution in [1.82, 2.24) is 10.0 Å². The minimum absolute atomic E-state index is 0.185. The second-order valence-electron chi connectivity index (χ2n) is 4.14. The number of rotatable bonds is 7. The maximum atomic E-state index is 11.7. The van der Waals surface area contributed by atoms with Crippen LogP contribution in [0.4, 0.5) is 0 Å². The molecule has 2 N–H and O–H groups in total. The van der Waals surface area contributed by atoms with Gasteiger partial charge in [0, 0.05) is 17.7 Å². The van der Waals surface area contributed by atoms with Crippen molar-refractivity contribution >= 4 is 33.6 Å². The van der Waals surface area contributed by atoms with Crippen LogP contribution in [-0.4, -0.2) is 27.4 Å². The van der Waals surface area contributed by atoms with E-state index in [4.69, 9.17) is 11.6 Å². The van der Waals surface area contributed by atoms with Gasteiger partial charge in [0.05, 0.1) is 11.4 Å². The van der Waals surface area contributed by atoms with E-state index in [2.05, 4.69) is 16.6 Å². The number of amides is 1. The molecule has 5 nitrogen and oxygen atoms in total. The van der Waals surface area contributed by atoms with Crippen LogP contribution >= 0.6 is 11.6 Å². The van der Waals surface area contributed by atoms with Gasteiger partial charge in [-0.15, -0.1) is 0 Å². The normalized spacial score (nSPS) is 11.5. The van der Waals surface area contributed by atoms with Gasteiger partial charge in [-0.25, -0.2) is 13.1 Å². The Hall–Kier alpha value is -1.63. The minimum atomic E-state index is -3.45. The lowest BCUT2D eigenvalue weighted by Crippen LogP contribution is -2.23. The minimum Gasteiger partial charge on any atom is -0.348 e. The summed E-state index contributed by atoms with van der Waals surface area (Å²) < 4.78 is 25.9. The summed E-state index contributed by atoms with van der Waals surface area (Å²) in [4.78, 5) is 11.6.